The van der Waals surface area contributed by atoms with Gasteiger partial charge in [0.25, 0.3) is 5.09 Å². The highest BCUT2D eigenvalue weighted by Crippen LogP contribution is 2.32. The van der Waals surface area contributed by atoms with Crippen LogP contribution in [0, 0.1) is 13.9 Å². The van der Waals surface area contributed by atoms with Crippen LogP contribution in [0.5, 0.6) is 17.2 Å². The Morgan fingerprint density at radius 1 is 0.886 bits per heavy atom. The molecule has 4 rings (SSSR count). The Morgan fingerprint density at radius 2 is 1.52 bits per heavy atom. The molecule has 4 aromatic rings. The fourth-order valence-corrected chi connectivity index (χ4v) is 6.04. The summed E-state index contributed by atoms with van der Waals surface area (Å²) in [5.74, 6) is -1.72. The molecule has 0 spiro atoms. The largest absolute Gasteiger partial charge is 0.427 e. The van der Waals surface area contributed by atoms with Gasteiger partial charge in [-0.1, -0.05) is 39.8 Å². The van der Waals surface area contributed by atoms with Crippen molar-refractivity contribution >= 4 is 62.2 Å². The van der Waals surface area contributed by atoms with Gasteiger partial charge in [-0.05, 0) is 84.8 Å². The lowest BCUT2D eigenvalue weighted by molar-refractivity contribution is -0.768. The standard InChI is InChI=1S/C29H23N3O9S3/c1-3-21(41-32(36)37)15-27(34)40-25-13-8-20(31-30-19-6-11-22(12-7-19)38-17(2)33)14-24(25)29(35)39-23-9-4-18(5-10-23)26-16-28(42)44-43-26/h4-14,16,21H,3,15H2,1-2H3/b31-30+. The van der Waals surface area contributed by atoms with Crippen LogP contribution in [0.1, 0.15) is 37.0 Å². The molecule has 226 valence electrons. The van der Waals surface area contributed by atoms with Crippen molar-refractivity contribution in [3.63, 3.8) is 0 Å². The van der Waals surface area contributed by atoms with Crippen LogP contribution in [0.2, 0.25) is 0 Å². The van der Waals surface area contributed by atoms with E-state index >= 15 is 0 Å². The van der Waals surface area contributed by atoms with Crippen LogP contribution in [-0.4, -0.2) is 29.1 Å². The summed E-state index contributed by atoms with van der Waals surface area (Å²) in [6.07, 6.45) is -1.26. The Bertz CT molecular complexity index is 1750. The van der Waals surface area contributed by atoms with Gasteiger partial charge in [0.15, 0.2) is 0 Å². The number of carbonyl (C=O) groups is 3. The number of azo groups is 1. The number of hydrogen-bond donors (Lipinski definition) is 0. The summed E-state index contributed by atoms with van der Waals surface area (Å²) >= 11 is 5.19. The average Bonchev–Trinajstić information content (AvgIpc) is 3.43. The lowest BCUT2D eigenvalue weighted by Gasteiger charge is -2.14. The highest BCUT2D eigenvalue weighted by molar-refractivity contribution is 7.80. The van der Waals surface area contributed by atoms with E-state index < -0.39 is 35.5 Å². The third-order valence-corrected chi connectivity index (χ3v) is 8.59. The molecular weight excluding hydrogens is 631 g/mol. The summed E-state index contributed by atoms with van der Waals surface area (Å²) < 4.78 is 16.7. The van der Waals surface area contributed by atoms with Gasteiger partial charge in [-0.2, -0.15) is 10.2 Å². The Morgan fingerprint density at radius 3 is 2.14 bits per heavy atom. The van der Waals surface area contributed by atoms with E-state index in [1.165, 1.54) is 45.8 Å². The van der Waals surface area contributed by atoms with Gasteiger partial charge in [0.2, 0.25) is 0 Å². The molecule has 1 atom stereocenters. The molecule has 1 aromatic heterocycles. The molecule has 3 aromatic carbocycles. The van der Waals surface area contributed by atoms with Crippen molar-refractivity contribution in [2.75, 3.05) is 0 Å². The van der Waals surface area contributed by atoms with Crippen LogP contribution < -0.4 is 14.2 Å². The SMILES string of the molecule is CCC(CC(=O)Oc1ccc(/N=N/c2ccc(OC(C)=O)cc2)cc1C(=O)Oc1ccc(-c2cc(=S)ss2)cc1)O[N+](=O)[O-]. The van der Waals surface area contributed by atoms with Gasteiger partial charge in [0.05, 0.1) is 17.8 Å². The smallest absolute Gasteiger partial charge is 0.347 e. The first-order valence-corrected chi connectivity index (χ1v) is 15.4. The molecule has 0 radical (unpaired) electrons. The summed E-state index contributed by atoms with van der Waals surface area (Å²) in [5.41, 5.74) is 1.44. The number of rotatable bonds is 12. The summed E-state index contributed by atoms with van der Waals surface area (Å²) in [6, 6.07) is 19.1. The van der Waals surface area contributed by atoms with Gasteiger partial charge in [-0.3, -0.25) is 9.59 Å². The highest BCUT2D eigenvalue weighted by atomic mass is 32.9. The zero-order valence-corrected chi connectivity index (χ0v) is 25.6. The lowest BCUT2D eigenvalue weighted by Crippen LogP contribution is -2.23. The maximum atomic E-state index is 13.3. The molecule has 0 saturated heterocycles. The Kier molecular flexibility index (Phi) is 11.0. The van der Waals surface area contributed by atoms with Gasteiger partial charge in [-0.15, -0.1) is 10.1 Å². The van der Waals surface area contributed by atoms with E-state index in [2.05, 4.69) is 15.1 Å². The molecule has 0 amide bonds. The number of nitrogens with zero attached hydrogens (tertiary/aromatic N) is 3. The molecule has 1 unspecified atom stereocenters. The summed E-state index contributed by atoms with van der Waals surface area (Å²) in [4.78, 5) is 53.2. The molecule has 0 bridgehead atoms. The fraction of sp³-hybridized carbons (Fsp3) is 0.172. The first kappa shape index (κ1) is 32.1. The molecule has 44 heavy (non-hydrogen) atoms. The van der Waals surface area contributed by atoms with Gasteiger partial charge in [0.1, 0.15) is 32.7 Å². The third kappa shape index (κ3) is 9.32. The zero-order valence-electron chi connectivity index (χ0n) is 23.2. The van der Waals surface area contributed by atoms with E-state index in [9.17, 15) is 24.5 Å². The number of ether oxygens (including phenoxy) is 3. The van der Waals surface area contributed by atoms with Crippen LogP contribution in [0.25, 0.3) is 10.4 Å². The highest BCUT2D eigenvalue weighted by Gasteiger charge is 2.22. The minimum Gasteiger partial charge on any atom is -0.427 e. The molecule has 0 aliphatic heterocycles. The van der Waals surface area contributed by atoms with Gasteiger partial charge in [-0.25, -0.2) is 4.79 Å². The molecular formula is C29H23N3O9S3. The van der Waals surface area contributed by atoms with Crippen molar-refractivity contribution in [2.45, 2.75) is 32.8 Å². The van der Waals surface area contributed by atoms with Gasteiger partial charge in [0, 0.05) is 11.8 Å². The topological polar surface area (TPSA) is 156 Å². The van der Waals surface area contributed by atoms with Crippen LogP contribution in [-0.2, 0) is 14.4 Å². The maximum absolute atomic E-state index is 13.3. The molecule has 0 N–H and O–H groups in total. The monoisotopic (exact) mass is 653 g/mol. The number of carbonyl (C=O) groups excluding carboxylic acids is 3. The summed E-state index contributed by atoms with van der Waals surface area (Å²) in [5, 5.41) is 18.0. The first-order chi connectivity index (χ1) is 21.1. The maximum Gasteiger partial charge on any atom is 0.347 e. The molecule has 1 heterocycles. The summed E-state index contributed by atoms with van der Waals surface area (Å²) in [7, 11) is 3.02. The molecule has 0 fully saturated rings. The van der Waals surface area contributed by atoms with Crippen molar-refractivity contribution in [3.05, 3.63) is 92.3 Å². The molecule has 12 nitrogen and oxygen atoms in total. The van der Waals surface area contributed by atoms with E-state index in [0.717, 1.165) is 14.3 Å². The predicted molar refractivity (Wildman–Crippen MR) is 164 cm³/mol. The number of esters is 3. The molecule has 0 aliphatic carbocycles. The lowest BCUT2D eigenvalue weighted by atomic mass is 10.1. The molecule has 0 saturated carbocycles. The third-order valence-electron chi connectivity index (χ3n) is 5.68. The Balaban J connectivity index is 1.56. The molecule has 15 heteroatoms. The zero-order chi connectivity index (χ0) is 31.6. The van der Waals surface area contributed by atoms with E-state index in [0.29, 0.717) is 11.4 Å². The average molecular weight is 654 g/mol. The van der Waals surface area contributed by atoms with Crippen LogP contribution in [0.3, 0.4) is 0 Å². The minimum absolute atomic E-state index is 0.136. The minimum atomic E-state index is -1.02. The van der Waals surface area contributed by atoms with Crippen LogP contribution in [0.15, 0.2) is 83.0 Å². The van der Waals surface area contributed by atoms with Crippen molar-refractivity contribution in [3.8, 4) is 27.7 Å². The normalized spacial score (nSPS) is 11.5. The van der Waals surface area contributed by atoms with Crippen molar-refractivity contribution in [1.82, 2.24) is 0 Å². The van der Waals surface area contributed by atoms with Gasteiger partial charge >= 0.3 is 17.9 Å². The van der Waals surface area contributed by atoms with Crippen LogP contribution in [0.4, 0.5) is 11.4 Å². The second-order valence-corrected chi connectivity index (χ2v) is 11.8. The number of benzene rings is 3. The Labute approximate surface area is 263 Å². The van der Waals surface area contributed by atoms with E-state index in [4.69, 9.17) is 26.4 Å². The van der Waals surface area contributed by atoms with Crippen molar-refractivity contribution in [1.29, 1.82) is 0 Å². The second kappa shape index (κ2) is 15.0. The second-order valence-electron chi connectivity index (χ2n) is 8.91. The van der Waals surface area contributed by atoms with Crippen molar-refractivity contribution < 1.29 is 38.5 Å². The van der Waals surface area contributed by atoms with E-state index in [1.807, 2.05) is 6.07 Å². The van der Waals surface area contributed by atoms with E-state index in [-0.39, 0.29) is 29.2 Å². The molecule has 0 aliphatic rings. The summed E-state index contributed by atoms with van der Waals surface area (Å²) in [6.45, 7) is 2.91. The Hall–Kier alpha value is -4.86. The predicted octanol–water partition coefficient (Wildman–Crippen LogP) is 8.05. The first-order valence-electron chi connectivity index (χ1n) is 12.9. The number of hydrogen-bond acceptors (Lipinski definition) is 14. The van der Waals surface area contributed by atoms with Gasteiger partial charge < -0.3 is 19.0 Å². The van der Waals surface area contributed by atoms with E-state index in [1.54, 1.807) is 55.5 Å². The van der Waals surface area contributed by atoms with Crippen LogP contribution >= 0.6 is 32.9 Å². The quantitative estimate of drug-likeness (QED) is 0.0279. The van der Waals surface area contributed by atoms with Crippen molar-refractivity contribution in [2.24, 2.45) is 10.2 Å². The fourth-order valence-electron chi connectivity index (χ4n) is 3.64.